The normalized spacial score (nSPS) is 12.0. The minimum atomic E-state index is -0.861. The number of nitrogens with two attached hydrogens (primary N) is 1. The summed E-state index contributed by atoms with van der Waals surface area (Å²) in [6.45, 7) is 12.7. The Hall–Kier alpha value is -3.01. The van der Waals surface area contributed by atoms with Gasteiger partial charge >= 0.3 is 6.03 Å². The highest BCUT2D eigenvalue weighted by atomic mass is 35.5. The van der Waals surface area contributed by atoms with E-state index in [0.717, 1.165) is 29.8 Å². The number of aliphatic hydroxyl groups is 2. The maximum atomic E-state index is 12.7. The number of hydrogen-bond acceptors (Lipinski definition) is 5. The highest BCUT2D eigenvalue weighted by Gasteiger charge is 2.22. The van der Waals surface area contributed by atoms with Gasteiger partial charge in [-0.2, -0.15) is 0 Å². The molecule has 11 heteroatoms. The molecule has 7 nitrogen and oxygen atoms in total. The molecule has 2 unspecified atom stereocenters. The van der Waals surface area contributed by atoms with Crippen molar-refractivity contribution < 1.29 is 15.0 Å². The van der Waals surface area contributed by atoms with Crippen molar-refractivity contribution >= 4 is 63.8 Å². The van der Waals surface area contributed by atoms with E-state index < -0.39 is 12.2 Å². The van der Waals surface area contributed by atoms with Crippen molar-refractivity contribution in [2.75, 3.05) is 24.1 Å². The molecule has 0 radical (unpaired) electrons. The van der Waals surface area contributed by atoms with Crippen molar-refractivity contribution in [3.05, 3.63) is 127 Å². The van der Waals surface area contributed by atoms with Crippen LogP contribution in [0.3, 0.4) is 0 Å². The van der Waals surface area contributed by atoms with E-state index in [2.05, 4.69) is 36.6 Å². The van der Waals surface area contributed by atoms with E-state index >= 15 is 0 Å². The summed E-state index contributed by atoms with van der Waals surface area (Å²) in [7, 11) is 0. The van der Waals surface area contributed by atoms with Gasteiger partial charge in [0.1, 0.15) is 0 Å². The molecule has 0 fully saturated rings. The summed E-state index contributed by atoms with van der Waals surface area (Å²) in [5, 5.41) is 28.1. The van der Waals surface area contributed by atoms with Crippen molar-refractivity contribution in [2.45, 2.75) is 78.7 Å². The number of amides is 2. The fourth-order valence-corrected chi connectivity index (χ4v) is 5.11. The third kappa shape index (κ3) is 15.1. The van der Waals surface area contributed by atoms with Crippen molar-refractivity contribution in [3.8, 4) is 0 Å². The number of rotatable bonds is 11. The quantitative estimate of drug-likeness (QED) is 0.0977. The lowest BCUT2D eigenvalue weighted by Gasteiger charge is -2.29. The molecule has 0 aliphatic rings. The number of carbonyl (C=O) groups is 1. The van der Waals surface area contributed by atoms with Crippen LogP contribution >= 0.6 is 46.4 Å². The number of aryl methyl sites for hydroxylation is 2. The molecule has 50 heavy (non-hydrogen) atoms. The molecule has 6 N–H and O–H groups in total. The summed E-state index contributed by atoms with van der Waals surface area (Å²) in [5.41, 5.74) is 11.0. The van der Waals surface area contributed by atoms with Crippen molar-refractivity contribution in [1.29, 1.82) is 0 Å². The predicted octanol–water partition coefficient (Wildman–Crippen LogP) is 10.4. The first-order valence-corrected chi connectivity index (χ1v) is 18.2. The standard InChI is InChI=1S/C20H24Cl2N2O2.C11H15Cl2NO.C8H11N/c1-4-14-5-8-16(9-6-14)23-20(26)24(13(2)3)12-19(25)15-7-10-17(21)18(22)11-15;1-7(2)14-6-11(15)8-3-4-9(12)10(13)5-8;1-2-7-3-5-8(9)6-4-7/h5-11,13,19,25H,4,12H2,1-3H3,(H,23,26);3-5,7,11,14-15H,6H2,1-2H3;3-6H,2,9H2,1H3. The minimum Gasteiger partial charge on any atom is -0.399 e. The van der Waals surface area contributed by atoms with Gasteiger partial charge in [-0.15, -0.1) is 0 Å². The zero-order valence-corrected chi connectivity index (χ0v) is 32.6. The van der Waals surface area contributed by atoms with Gasteiger partial charge in [-0.3, -0.25) is 0 Å². The Labute approximate surface area is 317 Å². The smallest absolute Gasteiger partial charge is 0.322 e. The summed E-state index contributed by atoms with van der Waals surface area (Å²) in [6, 6.07) is 25.8. The molecule has 0 spiro atoms. The summed E-state index contributed by atoms with van der Waals surface area (Å²) >= 11 is 23.6. The maximum absolute atomic E-state index is 12.7. The van der Waals surface area contributed by atoms with Crippen LogP contribution in [0.1, 0.15) is 76.0 Å². The van der Waals surface area contributed by atoms with E-state index in [9.17, 15) is 15.0 Å². The Morgan fingerprint density at radius 3 is 1.58 bits per heavy atom. The van der Waals surface area contributed by atoms with Crippen LogP contribution in [0.15, 0.2) is 84.9 Å². The van der Waals surface area contributed by atoms with Crippen LogP contribution < -0.4 is 16.4 Å². The van der Waals surface area contributed by atoms with Gasteiger partial charge in [0.25, 0.3) is 0 Å². The minimum absolute atomic E-state index is 0.0812. The highest BCUT2D eigenvalue weighted by molar-refractivity contribution is 6.42. The van der Waals surface area contributed by atoms with Crippen LogP contribution in [-0.2, 0) is 12.8 Å². The number of nitrogens with one attached hydrogen (secondary N) is 2. The number of nitrogens with zero attached hydrogens (tertiary/aromatic N) is 1. The van der Waals surface area contributed by atoms with Gasteiger partial charge in [-0.25, -0.2) is 4.79 Å². The number of benzene rings is 4. The van der Waals surface area contributed by atoms with Gasteiger partial charge in [0.05, 0.1) is 38.8 Å². The molecule has 272 valence electrons. The predicted molar refractivity (Wildman–Crippen MR) is 213 cm³/mol. The molecule has 0 saturated carbocycles. The molecule has 0 heterocycles. The number of anilines is 2. The second kappa shape index (κ2) is 22.0. The van der Waals surface area contributed by atoms with Gasteiger partial charge in [0, 0.05) is 30.0 Å². The molecule has 4 aromatic rings. The number of carbonyl (C=O) groups excluding carboxylic acids is 1. The molecule has 0 aliphatic heterocycles. The molecule has 2 amide bonds. The summed E-state index contributed by atoms with van der Waals surface area (Å²) in [6.07, 6.45) is 0.616. The lowest BCUT2D eigenvalue weighted by Crippen LogP contribution is -2.42. The van der Waals surface area contributed by atoms with Gasteiger partial charge in [-0.05, 0) is 97.5 Å². The number of halogens is 4. The fourth-order valence-electron chi connectivity index (χ4n) is 4.50. The molecule has 4 rings (SSSR count). The fraction of sp³-hybridized carbons (Fsp3) is 0.359. The van der Waals surface area contributed by atoms with Gasteiger partial charge < -0.3 is 31.5 Å². The van der Waals surface area contributed by atoms with E-state index in [4.69, 9.17) is 52.1 Å². The van der Waals surface area contributed by atoms with E-state index in [1.165, 1.54) is 11.1 Å². The average molecular weight is 765 g/mol. The first-order chi connectivity index (χ1) is 23.6. The molecular weight excluding hydrogens is 714 g/mol. The highest BCUT2D eigenvalue weighted by Crippen LogP contribution is 2.27. The van der Waals surface area contributed by atoms with E-state index in [1.807, 2.05) is 64.1 Å². The second-order valence-corrected chi connectivity index (χ2v) is 13.9. The zero-order valence-electron chi connectivity index (χ0n) is 29.6. The molecule has 0 aliphatic carbocycles. The molecule has 0 saturated heterocycles. The molecule has 2 atom stereocenters. The lowest BCUT2D eigenvalue weighted by molar-refractivity contribution is 0.113. The first kappa shape index (κ1) is 43.2. The topological polar surface area (TPSA) is 111 Å². The Morgan fingerprint density at radius 1 is 0.700 bits per heavy atom. The van der Waals surface area contributed by atoms with Crippen LogP contribution in [-0.4, -0.2) is 46.3 Å². The van der Waals surface area contributed by atoms with Gasteiger partial charge in [0.15, 0.2) is 0 Å². The summed E-state index contributed by atoms with van der Waals surface area (Å²) in [5.74, 6) is 0. The van der Waals surface area contributed by atoms with Crippen LogP contribution in [0.25, 0.3) is 0 Å². The van der Waals surface area contributed by atoms with Crippen LogP contribution in [0.2, 0.25) is 20.1 Å². The molecule has 0 aromatic heterocycles. The van der Waals surface area contributed by atoms with E-state index in [-0.39, 0.29) is 18.6 Å². The molecule has 0 bridgehead atoms. The molecular formula is C39H50Cl4N4O3. The molecule has 4 aromatic carbocycles. The second-order valence-electron chi connectivity index (χ2n) is 12.3. The monoisotopic (exact) mass is 762 g/mol. The Morgan fingerprint density at radius 2 is 1.16 bits per heavy atom. The number of nitrogen functional groups attached to an aromatic ring is 1. The van der Waals surface area contributed by atoms with Gasteiger partial charge in [-0.1, -0.05) is 110 Å². The van der Waals surface area contributed by atoms with E-state index in [0.29, 0.717) is 38.2 Å². The summed E-state index contributed by atoms with van der Waals surface area (Å²) < 4.78 is 0. The van der Waals surface area contributed by atoms with Crippen LogP contribution in [0.4, 0.5) is 16.2 Å². The van der Waals surface area contributed by atoms with Crippen molar-refractivity contribution in [2.24, 2.45) is 0 Å². The van der Waals surface area contributed by atoms with Crippen LogP contribution in [0, 0.1) is 0 Å². The van der Waals surface area contributed by atoms with E-state index in [1.54, 1.807) is 41.3 Å². The number of hydrogen-bond donors (Lipinski definition) is 5. The number of aliphatic hydroxyl groups excluding tert-OH is 2. The van der Waals surface area contributed by atoms with Crippen LogP contribution in [0.5, 0.6) is 0 Å². The summed E-state index contributed by atoms with van der Waals surface area (Å²) in [4.78, 5) is 14.2. The Balaban J connectivity index is 0.000000301. The Kier molecular flexibility index (Phi) is 19.0. The zero-order chi connectivity index (χ0) is 37.4. The van der Waals surface area contributed by atoms with Gasteiger partial charge in [0.2, 0.25) is 0 Å². The third-order valence-electron chi connectivity index (χ3n) is 7.63. The lowest BCUT2D eigenvalue weighted by atomic mass is 10.1. The maximum Gasteiger partial charge on any atom is 0.322 e. The first-order valence-electron chi connectivity index (χ1n) is 16.6. The van der Waals surface area contributed by atoms with Crippen molar-refractivity contribution in [3.63, 3.8) is 0 Å². The Bertz CT molecular complexity index is 1600. The third-order valence-corrected chi connectivity index (χ3v) is 9.11. The van der Waals surface area contributed by atoms with Crippen molar-refractivity contribution in [1.82, 2.24) is 10.2 Å². The largest absolute Gasteiger partial charge is 0.399 e. The number of urea groups is 1. The average Bonchev–Trinajstić information content (AvgIpc) is 3.09. The SMILES string of the molecule is CC(C)NCC(O)c1ccc(Cl)c(Cl)c1.CCc1ccc(N)cc1.CCc1ccc(NC(=O)N(CC(O)c2ccc(Cl)c(Cl)c2)C(C)C)cc1.